The first-order valence-corrected chi connectivity index (χ1v) is 5.65. The summed E-state index contributed by atoms with van der Waals surface area (Å²) >= 11 is 1.05. The Kier molecular flexibility index (Phi) is 2.80. The van der Waals surface area contributed by atoms with E-state index in [4.69, 9.17) is 5.73 Å². The highest BCUT2D eigenvalue weighted by molar-refractivity contribution is 7.09. The lowest BCUT2D eigenvalue weighted by molar-refractivity contribution is 0.608. The number of rotatable bonds is 2. The molecule has 8 heteroatoms. The van der Waals surface area contributed by atoms with Gasteiger partial charge in [-0.2, -0.15) is 0 Å². The summed E-state index contributed by atoms with van der Waals surface area (Å²) in [6.07, 6.45) is 0. The van der Waals surface area contributed by atoms with E-state index in [1.807, 2.05) is 0 Å². The Hall–Kier alpha value is -1.96. The predicted octanol–water partition coefficient (Wildman–Crippen LogP) is -0.365. The molecule has 0 spiro atoms. The molecule has 0 radical (unpaired) electrons. The highest BCUT2D eigenvalue weighted by Crippen LogP contribution is 2.12. The van der Waals surface area contributed by atoms with Crippen molar-refractivity contribution < 1.29 is 0 Å². The van der Waals surface area contributed by atoms with Gasteiger partial charge in [0.1, 0.15) is 10.7 Å². The van der Waals surface area contributed by atoms with E-state index in [2.05, 4.69) is 14.7 Å². The quantitative estimate of drug-likeness (QED) is 0.759. The number of aromatic nitrogens is 4. The van der Waals surface area contributed by atoms with E-state index < -0.39 is 0 Å². The van der Waals surface area contributed by atoms with Crippen LogP contribution in [0.15, 0.2) is 9.59 Å². The Morgan fingerprint density at radius 1 is 1.35 bits per heavy atom. The van der Waals surface area contributed by atoms with E-state index >= 15 is 0 Å². The molecule has 0 aliphatic heterocycles. The largest absolute Gasteiger partial charge is 0.388 e. The number of nitrogens with zero attached hydrogens (tertiary/aromatic N) is 3. The molecule has 0 saturated carbocycles. The second kappa shape index (κ2) is 4.13. The maximum absolute atomic E-state index is 11.9. The van der Waals surface area contributed by atoms with Crippen LogP contribution in [0.5, 0.6) is 0 Å². The summed E-state index contributed by atoms with van der Waals surface area (Å²) in [5, 5.41) is 6.72. The van der Waals surface area contributed by atoms with Gasteiger partial charge in [-0.1, -0.05) is 4.49 Å². The van der Waals surface area contributed by atoms with Gasteiger partial charge in [0.25, 0.3) is 11.1 Å². The van der Waals surface area contributed by atoms with Gasteiger partial charge in [-0.15, -0.1) is 5.10 Å². The van der Waals surface area contributed by atoms with Crippen LogP contribution in [0.4, 0.5) is 5.00 Å². The third-order valence-electron chi connectivity index (χ3n) is 2.60. The van der Waals surface area contributed by atoms with Crippen LogP contribution in [-0.4, -0.2) is 19.4 Å². The zero-order valence-corrected chi connectivity index (χ0v) is 10.2. The van der Waals surface area contributed by atoms with Gasteiger partial charge in [-0.25, -0.2) is 4.68 Å². The van der Waals surface area contributed by atoms with Crippen molar-refractivity contribution in [2.24, 2.45) is 0 Å². The fraction of sp³-hybridized carbons (Fsp3) is 0.333. The molecule has 0 atom stereocenters. The van der Waals surface area contributed by atoms with Crippen molar-refractivity contribution >= 4 is 16.5 Å². The van der Waals surface area contributed by atoms with Crippen molar-refractivity contribution in [3.8, 4) is 0 Å². The standard InChI is InChI=1S/C9H11N5O2S/c1-4-5(2)9(16)14(12-8(4)15)3-6-7(10)17-13-11-6/h3,10H2,1-2H3,(H,12,15). The fourth-order valence-electron chi connectivity index (χ4n) is 1.38. The number of nitrogens with one attached hydrogen (secondary N) is 1. The molecule has 0 fully saturated rings. The summed E-state index contributed by atoms with van der Waals surface area (Å²) < 4.78 is 4.86. The lowest BCUT2D eigenvalue weighted by Gasteiger charge is -2.06. The van der Waals surface area contributed by atoms with Crippen molar-refractivity contribution in [1.29, 1.82) is 0 Å². The summed E-state index contributed by atoms with van der Waals surface area (Å²) in [6, 6.07) is 0. The SMILES string of the molecule is Cc1c(C)c(=O)n(Cc2nnsc2N)[nH]c1=O. The van der Waals surface area contributed by atoms with Crippen LogP contribution in [-0.2, 0) is 6.54 Å². The molecule has 0 aliphatic carbocycles. The van der Waals surface area contributed by atoms with Crippen LogP contribution in [0.3, 0.4) is 0 Å². The molecule has 0 aromatic carbocycles. The van der Waals surface area contributed by atoms with Gasteiger partial charge < -0.3 is 5.73 Å². The molecule has 2 aromatic rings. The van der Waals surface area contributed by atoms with E-state index in [-0.39, 0.29) is 17.7 Å². The molecule has 90 valence electrons. The molecule has 2 rings (SSSR count). The summed E-state index contributed by atoms with van der Waals surface area (Å²) in [4.78, 5) is 23.4. The van der Waals surface area contributed by atoms with Gasteiger partial charge in [-0.3, -0.25) is 14.7 Å². The monoisotopic (exact) mass is 253 g/mol. The fourth-order valence-corrected chi connectivity index (χ4v) is 1.81. The Balaban J connectivity index is 2.52. The molecule has 0 saturated heterocycles. The van der Waals surface area contributed by atoms with E-state index in [0.29, 0.717) is 21.8 Å². The zero-order chi connectivity index (χ0) is 12.6. The van der Waals surface area contributed by atoms with Crippen LogP contribution in [0, 0.1) is 13.8 Å². The number of hydrogen-bond donors (Lipinski definition) is 2. The van der Waals surface area contributed by atoms with Gasteiger partial charge in [0.2, 0.25) is 0 Å². The molecule has 0 aliphatic rings. The third-order valence-corrected chi connectivity index (χ3v) is 3.19. The Labute approximate surface area is 100 Å². The summed E-state index contributed by atoms with van der Waals surface area (Å²) in [5.74, 6) is 0. The molecule has 2 aromatic heterocycles. The minimum absolute atomic E-state index is 0.123. The maximum atomic E-state index is 11.9. The minimum Gasteiger partial charge on any atom is -0.388 e. The predicted molar refractivity (Wildman–Crippen MR) is 64.2 cm³/mol. The molecule has 17 heavy (non-hydrogen) atoms. The Morgan fingerprint density at radius 3 is 2.65 bits per heavy atom. The van der Waals surface area contributed by atoms with Crippen LogP contribution >= 0.6 is 11.5 Å². The first kappa shape index (κ1) is 11.5. The molecule has 2 heterocycles. The van der Waals surface area contributed by atoms with E-state index in [1.165, 1.54) is 4.68 Å². The number of anilines is 1. The number of hydrogen-bond acceptors (Lipinski definition) is 6. The first-order chi connectivity index (χ1) is 8.00. The molecule has 7 nitrogen and oxygen atoms in total. The second-order valence-corrected chi connectivity index (χ2v) is 4.45. The highest BCUT2D eigenvalue weighted by Gasteiger charge is 2.10. The number of nitrogens with two attached hydrogens (primary N) is 1. The number of aromatic amines is 1. The lowest BCUT2D eigenvalue weighted by Crippen LogP contribution is -2.33. The van der Waals surface area contributed by atoms with Crippen molar-refractivity contribution in [1.82, 2.24) is 19.4 Å². The summed E-state index contributed by atoms with van der Waals surface area (Å²) in [5.41, 5.74) is 6.42. The normalized spacial score (nSPS) is 10.7. The van der Waals surface area contributed by atoms with Crippen LogP contribution in [0.1, 0.15) is 16.8 Å². The molecule has 0 unspecified atom stereocenters. The van der Waals surface area contributed by atoms with E-state index in [0.717, 1.165) is 11.5 Å². The van der Waals surface area contributed by atoms with Crippen molar-refractivity contribution in [3.05, 3.63) is 37.5 Å². The topological polar surface area (TPSA) is 107 Å². The van der Waals surface area contributed by atoms with Gasteiger partial charge in [0.05, 0.1) is 6.54 Å². The van der Waals surface area contributed by atoms with Crippen molar-refractivity contribution in [2.45, 2.75) is 20.4 Å². The minimum atomic E-state index is -0.288. The molecule has 3 N–H and O–H groups in total. The molecular formula is C9H11N5O2S. The average Bonchev–Trinajstić information content (AvgIpc) is 2.69. The van der Waals surface area contributed by atoms with Gasteiger partial charge in [0.15, 0.2) is 0 Å². The molecule has 0 bridgehead atoms. The average molecular weight is 253 g/mol. The third kappa shape index (κ3) is 1.98. The Morgan fingerprint density at radius 2 is 2.06 bits per heavy atom. The van der Waals surface area contributed by atoms with Gasteiger partial charge >= 0.3 is 0 Å². The lowest BCUT2D eigenvalue weighted by atomic mass is 10.2. The molecule has 0 amide bonds. The van der Waals surface area contributed by atoms with E-state index in [1.54, 1.807) is 13.8 Å². The van der Waals surface area contributed by atoms with Gasteiger partial charge in [-0.05, 0) is 13.8 Å². The smallest absolute Gasteiger partial charge is 0.268 e. The Bertz CT molecular complexity index is 669. The second-order valence-electron chi connectivity index (χ2n) is 3.67. The van der Waals surface area contributed by atoms with Gasteiger partial charge in [0, 0.05) is 22.7 Å². The summed E-state index contributed by atoms with van der Waals surface area (Å²) in [6.45, 7) is 3.35. The zero-order valence-electron chi connectivity index (χ0n) is 9.35. The maximum Gasteiger partial charge on any atom is 0.268 e. The van der Waals surface area contributed by atoms with Crippen molar-refractivity contribution in [2.75, 3.05) is 5.73 Å². The summed E-state index contributed by atoms with van der Waals surface area (Å²) in [7, 11) is 0. The van der Waals surface area contributed by atoms with E-state index in [9.17, 15) is 9.59 Å². The van der Waals surface area contributed by atoms with Crippen LogP contribution < -0.4 is 16.9 Å². The number of nitrogen functional groups attached to an aromatic ring is 1. The number of H-pyrrole nitrogens is 1. The van der Waals surface area contributed by atoms with Crippen LogP contribution in [0.25, 0.3) is 0 Å². The van der Waals surface area contributed by atoms with Crippen molar-refractivity contribution in [3.63, 3.8) is 0 Å². The highest BCUT2D eigenvalue weighted by atomic mass is 32.1. The van der Waals surface area contributed by atoms with Crippen LogP contribution in [0.2, 0.25) is 0 Å². The first-order valence-electron chi connectivity index (χ1n) is 4.87. The molecular weight excluding hydrogens is 242 g/mol.